The van der Waals surface area contributed by atoms with Gasteiger partial charge >= 0.3 is 0 Å². The van der Waals surface area contributed by atoms with E-state index in [2.05, 4.69) is 50.3 Å². The summed E-state index contributed by atoms with van der Waals surface area (Å²) in [5, 5.41) is 18.4. The monoisotopic (exact) mass is 533 g/mol. The number of allylic oxidation sites excluding steroid dienone is 2. The van der Waals surface area contributed by atoms with Crippen molar-refractivity contribution >= 4 is 16.5 Å². The topological polar surface area (TPSA) is 53.4 Å². The maximum Gasteiger partial charge on any atom is 0.0536 e. The predicted octanol–water partition coefficient (Wildman–Crippen LogP) is 4.69. The fourth-order valence-corrected chi connectivity index (χ4v) is 3.23. The molecule has 0 amide bonds. The smallest absolute Gasteiger partial charge is 0.0536 e. The number of aliphatic hydroxyl groups excluding tert-OH is 2. The summed E-state index contributed by atoms with van der Waals surface area (Å²) in [6.07, 6.45) is 6.96. The van der Waals surface area contributed by atoms with Gasteiger partial charge in [0, 0.05) is 25.6 Å². The molecule has 3 nitrogen and oxygen atoms in total. The molecule has 3 unspecified atom stereocenters. The van der Waals surface area contributed by atoms with Gasteiger partial charge in [-0.1, -0.05) is 63.1 Å². The van der Waals surface area contributed by atoms with Crippen LogP contribution in [0.3, 0.4) is 0 Å². The van der Waals surface area contributed by atoms with Crippen molar-refractivity contribution in [2.45, 2.75) is 65.6 Å². The maximum atomic E-state index is 8.56. The Morgan fingerprint density at radius 3 is 2.42 bits per heavy atom. The van der Waals surface area contributed by atoms with E-state index in [0.717, 1.165) is 17.6 Å². The van der Waals surface area contributed by atoms with E-state index >= 15 is 0 Å². The van der Waals surface area contributed by atoms with Crippen LogP contribution in [-0.2, 0) is 20.1 Å². The largest absolute Gasteiger partial charge is 0.393 e. The van der Waals surface area contributed by atoms with Crippen molar-refractivity contribution in [3.63, 3.8) is 0 Å². The number of fused-ring (bicyclic) bond motifs is 1. The molecular formula is C22H30IrNO2-. The Morgan fingerprint density at radius 2 is 1.85 bits per heavy atom. The molecule has 2 N–H and O–H groups in total. The molecule has 1 aromatic carbocycles. The molecule has 0 bridgehead atoms. The van der Waals surface area contributed by atoms with Crippen molar-refractivity contribution < 1.29 is 30.3 Å². The van der Waals surface area contributed by atoms with Crippen LogP contribution in [0.15, 0.2) is 30.3 Å². The second-order valence-corrected chi connectivity index (χ2v) is 7.20. The molecule has 0 spiro atoms. The fourth-order valence-electron chi connectivity index (χ4n) is 3.23. The number of hydrogen-bond acceptors (Lipinski definition) is 3. The number of aromatic nitrogens is 1. The quantitative estimate of drug-likeness (QED) is 0.565. The van der Waals surface area contributed by atoms with Crippen LogP contribution in [0, 0.1) is 18.9 Å². The van der Waals surface area contributed by atoms with Crippen molar-refractivity contribution in [2.24, 2.45) is 5.92 Å². The number of nitrogens with zero attached hydrogens (tertiary/aromatic N) is 1. The minimum Gasteiger partial charge on any atom is -0.393 e. The number of aryl methyl sites for hydroxylation is 1. The Hall–Kier alpha value is -1.06. The molecule has 26 heavy (non-hydrogen) atoms. The minimum absolute atomic E-state index is 0. The zero-order valence-electron chi connectivity index (χ0n) is 16.1. The first kappa shape index (κ1) is 23.0. The van der Waals surface area contributed by atoms with E-state index in [9.17, 15) is 0 Å². The van der Waals surface area contributed by atoms with Gasteiger partial charge in [0.05, 0.1) is 12.2 Å². The number of pyridine rings is 1. The van der Waals surface area contributed by atoms with Crippen LogP contribution in [0.1, 0.15) is 57.7 Å². The molecule has 3 rings (SSSR count). The minimum atomic E-state index is -0.375. The summed E-state index contributed by atoms with van der Waals surface area (Å²) in [6.45, 7) is 7.72. The van der Waals surface area contributed by atoms with Gasteiger partial charge in [0.1, 0.15) is 0 Å². The summed E-state index contributed by atoms with van der Waals surface area (Å²) in [5.41, 5.74) is 4.83. The van der Waals surface area contributed by atoms with Gasteiger partial charge in [0.2, 0.25) is 0 Å². The van der Waals surface area contributed by atoms with Crippen LogP contribution in [0.5, 0.6) is 0 Å². The molecule has 0 saturated carbocycles. The van der Waals surface area contributed by atoms with Crippen molar-refractivity contribution in [2.75, 3.05) is 0 Å². The summed E-state index contributed by atoms with van der Waals surface area (Å²) >= 11 is 0. The van der Waals surface area contributed by atoms with Gasteiger partial charge in [-0.2, -0.15) is 5.57 Å². The van der Waals surface area contributed by atoms with E-state index in [-0.39, 0.29) is 32.3 Å². The third-order valence-corrected chi connectivity index (χ3v) is 4.37. The van der Waals surface area contributed by atoms with Gasteiger partial charge in [0.15, 0.2) is 0 Å². The summed E-state index contributed by atoms with van der Waals surface area (Å²) in [4.78, 5) is 4.83. The Labute approximate surface area is 170 Å². The van der Waals surface area contributed by atoms with Gasteiger partial charge in [-0.25, -0.2) is 0 Å². The Bertz CT molecular complexity index is 719. The predicted molar refractivity (Wildman–Crippen MR) is 104 cm³/mol. The number of aliphatic hydroxyl groups is 2. The third-order valence-electron chi connectivity index (χ3n) is 4.37. The van der Waals surface area contributed by atoms with Crippen LogP contribution in [-0.4, -0.2) is 27.4 Å². The average Bonchev–Trinajstić information content (AvgIpc) is 2.53. The molecule has 3 atom stereocenters. The normalized spacial score (nSPS) is 18.8. The van der Waals surface area contributed by atoms with E-state index in [1.165, 1.54) is 29.4 Å². The Kier molecular flexibility index (Phi) is 9.67. The molecule has 1 heterocycles. The molecule has 0 saturated heterocycles. The third kappa shape index (κ3) is 6.92. The van der Waals surface area contributed by atoms with Gasteiger partial charge in [-0.3, -0.25) is 6.08 Å². The van der Waals surface area contributed by atoms with Crippen LogP contribution in [0.2, 0.25) is 0 Å². The first-order valence-corrected chi connectivity index (χ1v) is 9.22. The van der Waals surface area contributed by atoms with Gasteiger partial charge in [-0.15, -0.1) is 11.5 Å². The van der Waals surface area contributed by atoms with Crippen LogP contribution in [0.25, 0.3) is 16.5 Å². The standard InChI is InChI=1S/C17H18N.C5H12O2.Ir/c1-12-6-5-8-15(10-12)17-13(2)11-14-7-3-4-9-16(14)18-17;1-4(6)3-5(2)7;/h3-4,7,9,11-12H,5-6,8H2,1-2H3;4-7H,3H2,1-2H3;/q-1;;. The van der Waals surface area contributed by atoms with E-state index < -0.39 is 0 Å². The molecule has 4 heteroatoms. The molecule has 1 aromatic heterocycles. The molecule has 1 aliphatic rings. The second-order valence-electron chi connectivity index (χ2n) is 7.20. The van der Waals surface area contributed by atoms with Gasteiger partial charge in [0.25, 0.3) is 0 Å². The zero-order valence-corrected chi connectivity index (χ0v) is 18.5. The van der Waals surface area contributed by atoms with Gasteiger partial charge in [-0.05, 0) is 31.7 Å². The summed E-state index contributed by atoms with van der Waals surface area (Å²) in [5.74, 6) is 0.571. The van der Waals surface area contributed by atoms with Crippen LogP contribution >= 0.6 is 0 Å². The zero-order chi connectivity index (χ0) is 18.4. The van der Waals surface area contributed by atoms with Crippen molar-refractivity contribution in [1.29, 1.82) is 0 Å². The summed E-state index contributed by atoms with van der Waals surface area (Å²) < 4.78 is 0. The molecule has 2 aromatic rings. The number of rotatable bonds is 3. The van der Waals surface area contributed by atoms with Crippen molar-refractivity contribution in [3.05, 3.63) is 47.7 Å². The second kappa shape index (κ2) is 10.9. The maximum absolute atomic E-state index is 8.56. The number of hydrogen-bond donors (Lipinski definition) is 2. The summed E-state index contributed by atoms with van der Waals surface area (Å²) in [6, 6.07) is 10.6. The van der Waals surface area contributed by atoms with E-state index in [4.69, 9.17) is 15.2 Å². The number of benzene rings is 1. The molecule has 1 radical (unpaired) electrons. The Morgan fingerprint density at radius 1 is 1.19 bits per heavy atom. The van der Waals surface area contributed by atoms with Crippen molar-refractivity contribution in [3.8, 4) is 0 Å². The molecule has 0 aliphatic heterocycles. The van der Waals surface area contributed by atoms with Gasteiger partial charge < -0.3 is 15.2 Å². The average molecular weight is 533 g/mol. The molecule has 1 aliphatic carbocycles. The van der Waals surface area contributed by atoms with Crippen LogP contribution in [0.4, 0.5) is 0 Å². The summed E-state index contributed by atoms with van der Waals surface area (Å²) in [7, 11) is 0. The van der Waals surface area contributed by atoms with E-state index in [0.29, 0.717) is 12.3 Å². The Balaban J connectivity index is 0.000000366. The molecular weight excluding hydrogens is 502 g/mol. The first-order valence-electron chi connectivity index (χ1n) is 9.22. The first-order chi connectivity index (χ1) is 11.9. The molecule has 0 fully saturated rings. The van der Waals surface area contributed by atoms with Crippen LogP contribution < -0.4 is 0 Å². The van der Waals surface area contributed by atoms with E-state index in [1.807, 2.05) is 0 Å². The SMILES string of the molecule is CC(O)CC(C)O.Cc1cc2ccccc2nc1C1=[C-]C(C)CCC1.[Ir]. The van der Waals surface area contributed by atoms with E-state index in [1.54, 1.807) is 13.8 Å². The van der Waals surface area contributed by atoms with Crippen molar-refractivity contribution in [1.82, 2.24) is 4.98 Å². The molecule has 145 valence electrons. The fraction of sp³-hybridized carbons (Fsp3) is 0.500. The number of para-hydroxylation sites is 1.